The van der Waals surface area contributed by atoms with Crippen LogP contribution in [0.3, 0.4) is 0 Å². The van der Waals surface area contributed by atoms with Gasteiger partial charge in [-0.1, -0.05) is 12.1 Å². The first-order valence-corrected chi connectivity index (χ1v) is 11.4. The number of nitrogens with one attached hydrogen (secondary N) is 1. The zero-order valence-corrected chi connectivity index (χ0v) is 19.4. The second kappa shape index (κ2) is 7.75. The summed E-state index contributed by atoms with van der Waals surface area (Å²) in [4.78, 5) is 15.3. The molecule has 0 unspecified atom stereocenters. The number of hydrogen-bond acceptors (Lipinski definition) is 4. The molecule has 5 nitrogen and oxygen atoms in total. The van der Waals surface area contributed by atoms with Crippen LogP contribution in [0.4, 0.5) is 5.82 Å². The average molecular weight is 426 g/mol. The molecule has 5 heteroatoms. The topological polar surface area (TPSA) is 70.8 Å². The number of aromatic nitrogens is 3. The van der Waals surface area contributed by atoms with Gasteiger partial charge in [0, 0.05) is 63.9 Å². The van der Waals surface area contributed by atoms with Crippen LogP contribution in [0.2, 0.25) is 0 Å². The first-order valence-electron chi connectivity index (χ1n) is 11.4. The summed E-state index contributed by atoms with van der Waals surface area (Å²) in [6.45, 7) is 10.3. The van der Waals surface area contributed by atoms with Gasteiger partial charge in [-0.3, -0.25) is 4.98 Å². The van der Waals surface area contributed by atoms with E-state index in [2.05, 4.69) is 71.2 Å². The van der Waals surface area contributed by atoms with E-state index < -0.39 is 0 Å². The van der Waals surface area contributed by atoms with Crippen molar-refractivity contribution < 1.29 is 0 Å². The van der Waals surface area contributed by atoms with Crippen LogP contribution in [0.25, 0.3) is 33.3 Å². The highest BCUT2D eigenvalue weighted by Crippen LogP contribution is 2.33. The Kier molecular flexibility index (Phi) is 5.01. The number of hydrogen-bond donors (Lipinski definition) is 2. The molecule has 0 radical (unpaired) electrons. The van der Waals surface area contributed by atoms with Crippen molar-refractivity contribution in [3.05, 3.63) is 65.6 Å². The van der Waals surface area contributed by atoms with Crippen molar-refractivity contribution in [1.29, 1.82) is 0 Å². The number of anilines is 1. The highest BCUT2D eigenvalue weighted by molar-refractivity contribution is 5.93. The van der Waals surface area contributed by atoms with Crippen LogP contribution >= 0.6 is 0 Å². The third kappa shape index (κ3) is 3.89. The molecule has 0 saturated carbocycles. The van der Waals surface area contributed by atoms with Crippen LogP contribution in [-0.4, -0.2) is 33.6 Å². The summed E-state index contributed by atoms with van der Waals surface area (Å²) in [7, 11) is 0. The van der Waals surface area contributed by atoms with E-state index in [1.165, 1.54) is 22.1 Å². The van der Waals surface area contributed by atoms with E-state index in [0.29, 0.717) is 0 Å². The summed E-state index contributed by atoms with van der Waals surface area (Å²) in [5.74, 6) is 1.03. The maximum atomic E-state index is 6.27. The van der Waals surface area contributed by atoms with E-state index in [4.69, 9.17) is 10.7 Å². The molecule has 4 heterocycles. The lowest BCUT2D eigenvalue weighted by Crippen LogP contribution is -2.48. The zero-order chi connectivity index (χ0) is 22.5. The molecule has 1 aliphatic rings. The standard InChI is InChI=1S/C27H31N5/c1-17-13-22(14-18(2)30-17)26-19(3)23-7-5-20(15-24(23)31-26)21-6-8-25(29-16-21)32-11-9-27(4,28)10-12-32/h5-8,13-16,31H,9-12,28H2,1-4H3. The second-order valence-electron chi connectivity index (χ2n) is 9.57. The Bertz CT molecular complexity index is 1250. The Morgan fingerprint density at radius 2 is 1.59 bits per heavy atom. The molecule has 3 N–H and O–H groups in total. The Morgan fingerprint density at radius 3 is 2.25 bits per heavy atom. The molecule has 0 bridgehead atoms. The van der Waals surface area contributed by atoms with Crippen molar-refractivity contribution in [2.75, 3.05) is 18.0 Å². The number of benzene rings is 1. The number of nitrogens with zero attached hydrogens (tertiary/aromatic N) is 3. The van der Waals surface area contributed by atoms with Gasteiger partial charge in [0.05, 0.1) is 0 Å². The van der Waals surface area contributed by atoms with Crippen molar-refractivity contribution >= 4 is 16.7 Å². The molecule has 0 spiro atoms. The van der Waals surface area contributed by atoms with Crippen molar-refractivity contribution in [3.8, 4) is 22.4 Å². The van der Waals surface area contributed by atoms with Crippen LogP contribution in [0, 0.1) is 20.8 Å². The summed E-state index contributed by atoms with van der Waals surface area (Å²) in [5.41, 5.74) is 15.3. The lowest BCUT2D eigenvalue weighted by Gasteiger charge is -2.37. The quantitative estimate of drug-likeness (QED) is 0.452. The summed E-state index contributed by atoms with van der Waals surface area (Å²) < 4.78 is 0. The molecular weight excluding hydrogens is 394 g/mol. The van der Waals surface area contributed by atoms with Crippen molar-refractivity contribution in [2.24, 2.45) is 5.73 Å². The molecule has 0 amide bonds. The maximum absolute atomic E-state index is 6.27. The minimum Gasteiger partial charge on any atom is -0.356 e. The fraction of sp³-hybridized carbons (Fsp3) is 0.333. The van der Waals surface area contributed by atoms with E-state index >= 15 is 0 Å². The number of H-pyrrole nitrogens is 1. The normalized spacial score (nSPS) is 16.0. The zero-order valence-electron chi connectivity index (χ0n) is 19.4. The van der Waals surface area contributed by atoms with Gasteiger partial charge in [-0.15, -0.1) is 0 Å². The Labute approximate surface area is 189 Å². The molecule has 3 aromatic heterocycles. The summed E-state index contributed by atoms with van der Waals surface area (Å²) >= 11 is 0. The number of aryl methyl sites for hydroxylation is 3. The van der Waals surface area contributed by atoms with Crippen LogP contribution < -0.4 is 10.6 Å². The number of nitrogens with two attached hydrogens (primary N) is 1. The molecule has 4 aromatic rings. The van der Waals surface area contributed by atoms with Crippen LogP contribution in [0.1, 0.15) is 36.7 Å². The van der Waals surface area contributed by atoms with Crippen molar-refractivity contribution in [3.63, 3.8) is 0 Å². The molecule has 1 fully saturated rings. The SMILES string of the molecule is Cc1cc(-c2[nH]c3cc(-c4ccc(N5CCC(C)(N)CC5)nc4)ccc3c2C)cc(C)n1. The summed E-state index contributed by atoms with van der Waals surface area (Å²) in [6.07, 6.45) is 3.98. The molecule has 0 atom stereocenters. The van der Waals surface area contributed by atoms with Gasteiger partial charge in [0.2, 0.25) is 0 Å². The first-order chi connectivity index (χ1) is 15.3. The first kappa shape index (κ1) is 20.7. The van der Waals surface area contributed by atoms with Gasteiger partial charge in [-0.25, -0.2) is 4.98 Å². The van der Waals surface area contributed by atoms with E-state index in [1.54, 1.807) is 0 Å². The van der Waals surface area contributed by atoms with Gasteiger partial charge in [-0.05, 0) is 82.0 Å². The van der Waals surface area contributed by atoms with Gasteiger partial charge >= 0.3 is 0 Å². The molecule has 32 heavy (non-hydrogen) atoms. The lowest BCUT2D eigenvalue weighted by molar-refractivity contribution is 0.363. The fourth-order valence-corrected chi connectivity index (χ4v) is 4.78. The Balaban J connectivity index is 1.44. The third-order valence-corrected chi connectivity index (χ3v) is 6.74. The smallest absolute Gasteiger partial charge is 0.128 e. The van der Waals surface area contributed by atoms with Crippen molar-refractivity contribution in [2.45, 2.75) is 46.1 Å². The lowest BCUT2D eigenvalue weighted by atomic mass is 9.91. The maximum Gasteiger partial charge on any atom is 0.128 e. The molecule has 164 valence electrons. The summed E-state index contributed by atoms with van der Waals surface area (Å²) in [5, 5.41) is 1.25. The Hall–Kier alpha value is -3.18. The molecule has 0 aliphatic carbocycles. The molecule has 1 saturated heterocycles. The predicted molar refractivity (Wildman–Crippen MR) is 133 cm³/mol. The van der Waals surface area contributed by atoms with E-state index in [-0.39, 0.29) is 5.54 Å². The van der Waals surface area contributed by atoms with E-state index in [9.17, 15) is 0 Å². The monoisotopic (exact) mass is 425 g/mol. The average Bonchev–Trinajstić information content (AvgIpc) is 3.09. The van der Waals surface area contributed by atoms with Crippen molar-refractivity contribution in [1.82, 2.24) is 15.0 Å². The minimum absolute atomic E-state index is 0.0491. The van der Waals surface area contributed by atoms with E-state index in [1.807, 2.05) is 20.0 Å². The molecule has 5 rings (SSSR count). The number of fused-ring (bicyclic) bond motifs is 1. The van der Waals surface area contributed by atoms with Gasteiger partial charge in [0.1, 0.15) is 5.82 Å². The van der Waals surface area contributed by atoms with Crippen LogP contribution in [0.5, 0.6) is 0 Å². The highest BCUT2D eigenvalue weighted by atomic mass is 15.2. The second-order valence-corrected chi connectivity index (χ2v) is 9.57. The predicted octanol–water partition coefficient (Wildman–Crippen LogP) is 5.53. The molecule has 1 aliphatic heterocycles. The van der Waals surface area contributed by atoms with Gasteiger partial charge in [0.25, 0.3) is 0 Å². The molecule has 1 aromatic carbocycles. The minimum atomic E-state index is -0.0491. The third-order valence-electron chi connectivity index (χ3n) is 6.74. The van der Waals surface area contributed by atoms with Gasteiger partial charge in [0.15, 0.2) is 0 Å². The number of rotatable bonds is 3. The van der Waals surface area contributed by atoms with Gasteiger partial charge in [-0.2, -0.15) is 0 Å². The number of pyridine rings is 2. The van der Waals surface area contributed by atoms with Crippen LogP contribution in [0.15, 0.2) is 48.7 Å². The van der Waals surface area contributed by atoms with E-state index in [0.717, 1.165) is 59.9 Å². The van der Waals surface area contributed by atoms with Gasteiger partial charge < -0.3 is 15.6 Å². The molecular formula is C27H31N5. The Morgan fingerprint density at radius 1 is 0.906 bits per heavy atom. The largest absolute Gasteiger partial charge is 0.356 e. The summed E-state index contributed by atoms with van der Waals surface area (Å²) in [6, 6.07) is 15.2. The number of piperidine rings is 1. The van der Waals surface area contributed by atoms with Crippen LogP contribution in [-0.2, 0) is 0 Å². The fourth-order valence-electron chi connectivity index (χ4n) is 4.78. The number of aromatic amines is 1. The highest BCUT2D eigenvalue weighted by Gasteiger charge is 2.26.